The van der Waals surface area contributed by atoms with Crippen molar-refractivity contribution in [3.63, 3.8) is 0 Å². The van der Waals surface area contributed by atoms with Gasteiger partial charge in [0, 0.05) is 38.3 Å². The molecule has 0 aromatic heterocycles. The molecule has 1 heterocycles. The van der Waals surface area contributed by atoms with Crippen LogP contribution in [-0.2, 0) is 33.4 Å². The van der Waals surface area contributed by atoms with Crippen molar-refractivity contribution in [2.75, 3.05) is 26.3 Å². The summed E-state index contributed by atoms with van der Waals surface area (Å²) in [6.45, 7) is 16.0. The van der Waals surface area contributed by atoms with Crippen molar-refractivity contribution in [2.24, 2.45) is 17.8 Å². The zero-order valence-electron chi connectivity index (χ0n) is 24.9. The lowest BCUT2D eigenvalue weighted by atomic mass is 9.94. The summed E-state index contributed by atoms with van der Waals surface area (Å²) in [6.07, 6.45) is 1.44. The van der Waals surface area contributed by atoms with Crippen molar-refractivity contribution >= 4 is 29.6 Å². The number of nitrogens with one attached hydrogen (secondary N) is 2. The highest BCUT2D eigenvalue weighted by atomic mass is 16.5. The van der Waals surface area contributed by atoms with E-state index in [9.17, 15) is 29.1 Å². The molecule has 0 bridgehead atoms. The van der Waals surface area contributed by atoms with E-state index in [2.05, 4.69) is 10.6 Å². The second-order valence-electron chi connectivity index (χ2n) is 12.1. The maximum Gasteiger partial charge on any atom is 0.326 e. The van der Waals surface area contributed by atoms with E-state index in [4.69, 9.17) is 9.47 Å². The molecule has 0 radical (unpaired) electrons. The van der Waals surface area contributed by atoms with Crippen LogP contribution in [0.2, 0.25) is 0 Å². The molecule has 224 valence electrons. The molecule has 0 saturated carbocycles. The average molecular weight is 556 g/mol. The fraction of sp³-hybridized carbons (Fsp3) is 0.821. The van der Waals surface area contributed by atoms with Crippen LogP contribution in [0.15, 0.2) is 0 Å². The molecule has 0 spiro atoms. The number of carboxylic acid groups (broad SMARTS) is 1. The third kappa shape index (κ3) is 12.5. The van der Waals surface area contributed by atoms with Crippen molar-refractivity contribution < 1.29 is 38.6 Å². The molecule has 2 atom stereocenters. The second kappa shape index (κ2) is 15.3. The predicted molar refractivity (Wildman–Crippen MR) is 146 cm³/mol. The summed E-state index contributed by atoms with van der Waals surface area (Å²) >= 11 is 0. The van der Waals surface area contributed by atoms with Crippen LogP contribution in [0, 0.1) is 17.8 Å². The number of amides is 4. The van der Waals surface area contributed by atoms with Crippen LogP contribution in [0.1, 0.15) is 87.5 Å². The summed E-state index contributed by atoms with van der Waals surface area (Å²) < 4.78 is 11.9. The molecule has 1 aliphatic heterocycles. The van der Waals surface area contributed by atoms with Gasteiger partial charge in [-0.25, -0.2) is 4.79 Å². The molecule has 11 nitrogen and oxygen atoms in total. The van der Waals surface area contributed by atoms with Gasteiger partial charge in [-0.05, 0) is 52.4 Å². The maximum absolute atomic E-state index is 12.3. The van der Waals surface area contributed by atoms with E-state index in [0.29, 0.717) is 32.6 Å². The molecule has 2 unspecified atom stereocenters. The van der Waals surface area contributed by atoms with E-state index in [1.54, 1.807) is 13.8 Å². The first-order chi connectivity index (χ1) is 18.0. The second-order valence-corrected chi connectivity index (χ2v) is 12.1. The normalized spacial score (nSPS) is 17.2. The van der Waals surface area contributed by atoms with Gasteiger partial charge in [-0.1, -0.05) is 27.7 Å². The van der Waals surface area contributed by atoms with E-state index < -0.39 is 23.2 Å². The Morgan fingerprint density at radius 1 is 0.949 bits per heavy atom. The Balaban J connectivity index is 2.28. The standard InChI is InChI=1S/C28H49N3O8/c1-18(2)20-17-23(34)31(25(20)35)14-10-21(32)29-13-16-39-28(7,8)12-15-38-27(5,6)11-9-22(33)30-24(19(3)4)26(36)37/h18-20,24H,9-17H2,1-8H3,(H,29,32)(H,30,33)(H,36,37). The van der Waals surface area contributed by atoms with Gasteiger partial charge >= 0.3 is 5.97 Å². The van der Waals surface area contributed by atoms with Crippen LogP contribution < -0.4 is 10.6 Å². The van der Waals surface area contributed by atoms with Crippen LogP contribution in [0.25, 0.3) is 0 Å². The average Bonchev–Trinajstić information content (AvgIpc) is 3.10. The van der Waals surface area contributed by atoms with Gasteiger partial charge < -0.3 is 25.2 Å². The first-order valence-electron chi connectivity index (χ1n) is 13.9. The lowest BCUT2D eigenvalue weighted by Gasteiger charge is -2.30. The maximum atomic E-state index is 12.3. The molecule has 11 heteroatoms. The van der Waals surface area contributed by atoms with Crippen LogP contribution >= 0.6 is 0 Å². The summed E-state index contributed by atoms with van der Waals surface area (Å²) in [5, 5.41) is 14.5. The quantitative estimate of drug-likeness (QED) is 0.172. The molecule has 1 aliphatic rings. The number of hydrogen-bond acceptors (Lipinski definition) is 7. The number of likely N-dealkylation sites (tertiary alicyclic amines) is 1. The highest BCUT2D eigenvalue weighted by Crippen LogP contribution is 2.26. The highest BCUT2D eigenvalue weighted by Gasteiger charge is 2.39. The first kappa shape index (κ1) is 34.5. The Kier molecular flexibility index (Phi) is 13.5. The van der Waals surface area contributed by atoms with E-state index >= 15 is 0 Å². The fourth-order valence-electron chi connectivity index (χ4n) is 4.18. The molecule has 1 fully saturated rings. The number of carboxylic acids is 1. The van der Waals surface area contributed by atoms with E-state index in [-0.39, 0.29) is 67.2 Å². The lowest BCUT2D eigenvalue weighted by molar-refractivity contribution is -0.143. The molecule has 39 heavy (non-hydrogen) atoms. The summed E-state index contributed by atoms with van der Waals surface area (Å²) in [5.41, 5.74) is -1.09. The summed E-state index contributed by atoms with van der Waals surface area (Å²) in [4.78, 5) is 61.3. The van der Waals surface area contributed by atoms with Gasteiger partial charge in [-0.3, -0.25) is 24.1 Å². The number of nitrogens with zero attached hydrogens (tertiary/aromatic N) is 1. The molecule has 4 amide bonds. The smallest absolute Gasteiger partial charge is 0.326 e. The molecule has 3 N–H and O–H groups in total. The number of hydrogen-bond donors (Lipinski definition) is 3. The van der Waals surface area contributed by atoms with Crippen molar-refractivity contribution in [1.82, 2.24) is 15.5 Å². The lowest BCUT2D eigenvalue weighted by Crippen LogP contribution is -2.44. The number of rotatable bonds is 18. The topological polar surface area (TPSA) is 151 Å². The highest BCUT2D eigenvalue weighted by molar-refractivity contribution is 6.03. The fourth-order valence-corrected chi connectivity index (χ4v) is 4.18. The van der Waals surface area contributed by atoms with Gasteiger partial charge in [0.15, 0.2) is 0 Å². The van der Waals surface area contributed by atoms with Gasteiger partial charge in [-0.2, -0.15) is 0 Å². The number of imide groups is 1. The first-order valence-corrected chi connectivity index (χ1v) is 13.9. The number of ether oxygens (including phenoxy) is 2. The van der Waals surface area contributed by atoms with Crippen molar-refractivity contribution in [3.05, 3.63) is 0 Å². The minimum absolute atomic E-state index is 0.0566. The van der Waals surface area contributed by atoms with Gasteiger partial charge in [0.2, 0.25) is 23.6 Å². The largest absolute Gasteiger partial charge is 0.480 e. The zero-order chi connectivity index (χ0) is 30.0. The Hall–Kier alpha value is -2.53. The van der Waals surface area contributed by atoms with Crippen LogP contribution in [-0.4, -0.2) is 83.2 Å². The number of carbonyl (C=O) groups is 5. The SMILES string of the molecule is CC(C)C1CC(=O)N(CCC(=O)NCCOC(C)(C)CCOC(C)(C)CCC(=O)NC(C(=O)O)C(C)C)C1=O. The summed E-state index contributed by atoms with van der Waals surface area (Å²) in [5.74, 6) is -2.46. The number of carbonyl (C=O) groups excluding carboxylic acids is 4. The Morgan fingerprint density at radius 3 is 2.08 bits per heavy atom. The third-order valence-electron chi connectivity index (χ3n) is 6.96. The van der Waals surface area contributed by atoms with Crippen LogP contribution in [0.3, 0.4) is 0 Å². The monoisotopic (exact) mass is 555 g/mol. The van der Waals surface area contributed by atoms with E-state index in [1.165, 1.54) is 4.90 Å². The van der Waals surface area contributed by atoms with Gasteiger partial charge in [0.1, 0.15) is 6.04 Å². The van der Waals surface area contributed by atoms with Crippen molar-refractivity contribution in [2.45, 2.75) is 105 Å². The van der Waals surface area contributed by atoms with E-state index in [1.807, 2.05) is 41.5 Å². The molecule has 1 rings (SSSR count). The zero-order valence-corrected chi connectivity index (χ0v) is 24.9. The van der Waals surface area contributed by atoms with Gasteiger partial charge in [0.05, 0.1) is 24.4 Å². The molecule has 0 aliphatic carbocycles. The van der Waals surface area contributed by atoms with E-state index in [0.717, 1.165) is 0 Å². The summed E-state index contributed by atoms with van der Waals surface area (Å²) in [7, 11) is 0. The molecular formula is C28H49N3O8. The van der Waals surface area contributed by atoms with Crippen molar-refractivity contribution in [1.29, 1.82) is 0 Å². The van der Waals surface area contributed by atoms with Crippen LogP contribution in [0.5, 0.6) is 0 Å². The Labute approximate surface area is 232 Å². The molecular weight excluding hydrogens is 506 g/mol. The molecule has 0 aromatic rings. The summed E-state index contributed by atoms with van der Waals surface area (Å²) in [6, 6.07) is -0.916. The van der Waals surface area contributed by atoms with Gasteiger partial charge in [-0.15, -0.1) is 0 Å². The molecule has 0 aromatic carbocycles. The van der Waals surface area contributed by atoms with Gasteiger partial charge in [0.25, 0.3) is 0 Å². The minimum Gasteiger partial charge on any atom is -0.480 e. The third-order valence-corrected chi connectivity index (χ3v) is 6.96. The molecule has 1 saturated heterocycles. The minimum atomic E-state index is -1.05. The predicted octanol–water partition coefficient (Wildman–Crippen LogP) is 2.51. The Bertz CT molecular complexity index is 869. The van der Waals surface area contributed by atoms with Crippen molar-refractivity contribution in [3.8, 4) is 0 Å². The number of aliphatic carboxylic acids is 1. The van der Waals surface area contributed by atoms with Crippen LogP contribution in [0.4, 0.5) is 0 Å². The Morgan fingerprint density at radius 2 is 1.54 bits per heavy atom.